The predicted octanol–water partition coefficient (Wildman–Crippen LogP) is 2.99. The van der Waals surface area contributed by atoms with Crippen LogP contribution >= 0.6 is 11.6 Å². The Bertz CT molecular complexity index is 900. The number of nitrogens with two attached hydrogens (primary N) is 1. The Kier molecular flexibility index (Phi) is 6.84. The molecule has 2 aromatic rings. The third-order valence-electron chi connectivity index (χ3n) is 5.01. The number of anilines is 1. The van der Waals surface area contributed by atoms with Gasteiger partial charge in [-0.2, -0.15) is 0 Å². The number of amides is 2. The van der Waals surface area contributed by atoms with E-state index in [1.807, 2.05) is 7.05 Å². The molecule has 0 atom stereocenters. The number of rotatable bonds is 5. The van der Waals surface area contributed by atoms with E-state index < -0.39 is 5.82 Å². The van der Waals surface area contributed by atoms with Crippen LogP contribution in [0.25, 0.3) is 0 Å². The lowest BCUT2D eigenvalue weighted by molar-refractivity contribution is 0.100. The maximum atomic E-state index is 14.7. The van der Waals surface area contributed by atoms with Crippen molar-refractivity contribution in [2.75, 3.05) is 44.7 Å². The van der Waals surface area contributed by atoms with E-state index in [-0.39, 0.29) is 30.5 Å². The lowest BCUT2D eigenvalue weighted by Gasteiger charge is -2.36. The van der Waals surface area contributed by atoms with Crippen LogP contribution in [0.15, 0.2) is 42.5 Å². The molecule has 6 nitrogen and oxygen atoms in total. The van der Waals surface area contributed by atoms with Crippen LogP contribution in [0, 0.1) is 5.82 Å². The molecule has 8 heteroatoms. The van der Waals surface area contributed by atoms with Crippen LogP contribution in [-0.2, 0) is 6.54 Å². The second kappa shape index (κ2) is 9.35. The number of likely N-dealkylation sites (N-methyl/N-ethyl adjacent to an activating group) is 1. The van der Waals surface area contributed by atoms with Crippen LogP contribution in [0.1, 0.15) is 15.9 Å². The van der Waals surface area contributed by atoms with Gasteiger partial charge in [0.05, 0.1) is 13.1 Å². The van der Waals surface area contributed by atoms with E-state index in [9.17, 15) is 14.0 Å². The molecular weight excluding hydrogens is 395 g/mol. The van der Waals surface area contributed by atoms with Gasteiger partial charge in [0.1, 0.15) is 5.82 Å². The highest BCUT2D eigenvalue weighted by atomic mass is 35.5. The number of hydrogen-bond acceptors (Lipinski definition) is 4. The van der Waals surface area contributed by atoms with Crippen molar-refractivity contribution in [3.05, 3.63) is 64.4 Å². The molecule has 0 spiro atoms. The summed E-state index contributed by atoms with van der Waals surface area (Å²) in [5.74, 6) is -0.891. The van der Waals surface area contributed by atoms with Gasteiger partial charge in [0.15, 0.2) is 5.78 Å². The molecule has 154 valence electrons. The third kappa shape index (κ3) is 5.12. The van der Waals surface area contributed by atoms with Gasteiger partial charge in [-0.15, -0.1) is 0 Å². The van der Waals surface area contributed by atoms with Crippen LogP contribution in [-0.4, -0.2) is 61.4 Å². The van der Waals surface area contributed by atoms with Crippen LogP contribution < -0.4 is 10.6 Å². The molecule has 2 aromatic carbocycles. The van der Waals surface area contributed by atoms with Crippen molar-refractivity contribution >= 4 is 29.1 Å². The van der Waals surface area contributed by atoms with Crippen molar-refractivity contribution in [3.63, 3.8) is 0 Å². The number of benzene rings is 2. The first kappa shape index (κ1) is 21.2. The molecule has 1 aliphatic heterocycles. The lowest BCUT2D eigenvalue weighted by atomic mass is 10.1. The Morgan fingerprint density at radius 2 is 1.86 bits per heavy atom. The van der Waals surface area contributed by atoms with Crippen molar-refractivity contribution in [1.82, 2.24) is 9.80 Å². The van der Waals surface area contributed by atoms with Gasteiger partial charge in [0, 0.05) is 48.0 Å². The number of hydrogen-bond donors (Lipinski definition) is 1. The van der Waals surface area contributed by atoms with E-state index in [2.05, 4.69) is 4.90 Å². The Labute approximate surface area is 174 Å². The van der Waals surface area contributed by atoms with Crippen LogP contribution in [0.2, 0.25) is 5.02 Å². The zero-order valence-electron chi connectivity index (χ0n) is 16.3. The van der Waals surface area contributed by atoms with Gasteiger partial charge in [0.2, 0.25) is 0 Å². The monoisotopic (exact) mass is 418 g/mol. The lowest BCUT2D eigenvalue weighted by Crippen LogP contribution is -2.52. The molecule has 0 saturated carbocycles. The van der Waals surface area contributed by atoms with Crippen molar-refractivity contribution in [1.29, 1.82) is 0 Å². The van der Waals surface area contributed by atoms with Gasteiger partial charge in [-0.1, -0.05) is 29.8 Å². The molecule has 29 heavy (non-hydrogen) atoms. The number of urea groups is 1. The molecule has 0 aromatic heterocycles. The summed E-state index contributed by atoms with van der Waals surface area (Å²) in [5, 5.41) is 0.489. The minimum absolute atomic E-state index is 0.0223. The maximum Gasteiger partial charge on any atom is 0.324 e. The molecule has 0 unspecified atom stereocenters. The highest BCUT2D eigenvalue weighted by Gasteiger charge is 2.26. The second-order valence-electron chi connectivity index (χ2n) is 7.07. The molecule has 2 amide bonds. The number of Topliss-reactive ketones (excluding diaryl/α,β-unsaturated/α-hetero) is 1. The average molecular weight is 419 g/mol. The highest BCUT2D eigenvalue weighted by Crippen LogP contribution is 2.24. The molecule has 0 aliphatic carbocycles. The standard InChI is InChI=1S/C21H24ClFN4O2/c1-25-7-9-26(10-8-25)21(29)27(18-4-2-3-17(22)12-18)14-16-6-5-15(11-19(16)23)20(28)13-24/h2-6,11-12H,7-10,13-14,24H2,1H3. The number of carbonyl (C=O) groups excluding carboxylic acids is 2. The van der Waals surface area contributed by atoms with E-state index >= 15 is 0 Å². The summed E-state index contributed by atoms with van der Waals surface area (Å²) in [6.45, 7) is 2.58. The average Bonchev–Trinajstić information content (AvgIpc) is 2.72. The van der Waals surface area contributed by atoms with Gasteiger partial charge in [-0.05, 0) is 31.3 Å². The molecule has 1 fully saturated rings. The topological polar surface area (TPSA) is 69.9 Å². The summed E-state index contributed by atoms with van der Waals surface area (Å²) in [4.78, 5) is 30.4. The molecule has 1 saturated heterocycles. The third-order valence-corrected chi connectivity index (χ3v) is 5.25. The summed E-state index contributed by atoms with van der Waals surface area (Å²) in [5.41, 5.74) is 6.46. The minimum Gasteiger partial charge on any atom is -0.324 e. The van der Waals surface area contributed by atoms with Crippen molar-refractivity contribution < 1.29 is 14.0 Å². The zero-order chi connectivity index (χ0) is 21.0. The Balaban J connectivity index is 1.89. The molecule has 2 N–H and O–H groups in total. The van der Waals surface area contributed by atoms with Gasteiger partial charge in [0.25, 0.3) is 0 Å². The van der Waals surface area contributed by atoms with Gasteiger partial charge in [-0.3, -0.25) is 9.69 Å². The van der Waals surface area contributed by atoms with Crippen LogP contribution in [0.3, 0.4) is 0 Å². The molecule has 0 bridgehead atoms. The number of halogens is 2. The summed E-state index contributed by atoms with van der Waals surface area (Å²) >= 11 is 6.12. The van der Waals surface area contributed by atoms with Crippen molar-refractivity contribution in [2.24, 2.45) is 5.73 Å². The fourth-order valence-electron chi connectivity index (χ4n) is 3.22. The summed E-state index contributed by atoms with van der Waals surface area (Å²) in [7, 11) is 2.01. The molecule has 3 rings (SSSR count). The molecular formula is C21H24ClFN4O2. The van der Waals surface area contributed by atoms with E-state index in [1.54, 1.807) is 29.2 Å². The first-order valence-electron chi connectivity index (χ1n) is 9.41. The van der Waals surface area contributed by atoms with Crippen LogP contribution in [0.5, 0.6) is 0 Å². The fraction of sp³-hybridized carbons (Fsp3) is 0.333. The Hall–Kier alpha value is -2.48. The van der Waals surface area contributed by atoms with E-state index in [0.717, 1.165) is 13.1 Å². The predicted molar refractivity (Wildman–Crippen MR) is 112 cm³/mol. The fourth-order valence-corrected chi connectivity index (χ4v) is 3.40. The van der Waals surface area contributed by atoms with E-state index in [1.165, 1.54) is 23.1 Å². The van der Waals surface area contributed by atoms with Crippen molar-refractivity contribution in [2.45, 2.75) is 6.54 Å². The second-order valence-corrected chi connectivity index (χ2v) is 7.51. The Morgan fingerprint density at radius 1 is 1.14 bits per heavy atom. The zero-order valence-corrected chi connectivity index (χ0v) is 17.0. The summed E-state index contributed by atoms with van der Waals surface area (Å²) in [6, 6.07) is 10.9. The van der Waals surface area contributed by atoms with E-state index in [0.29, 0.717) is 29.4 Å². The number of ketones is 1. The van der Waals surface area contributed by atoms with Gasteiger partial charge in [-0.25, -0.2) is 9.18 Å². The number of piperazine rings is 1. The van der Waals surface area contributed by atoms with Crippen LogP contribution in [0.4, 0.5) is 14.9 Å². The first-order valence-corrected chi connectivity index (χ1v) is 9.79. The molecule has 1 aliphatic rings. The SMILES string of the molecule is CN1CCN(C(=O)N(Cc2ccc(C(=O)CN)cc2F)c2cccc(Cl)c2)CC1. The smallest absolute Gasteiger partial charge is 0.324 e. The normalized spacial score (nSPS) is 14.7. The number of nitrogens with zero attached hydrogens (tertiary/aromatic N) is 3. The van der Waals surface area contributed by atoms with Gasteiger partial charge >= 0.3 is 6.03 Å². The number of carbonyl (C=O) groups is 2. The quantitative estimate of drug-likeness (QED) is 0.758. The molecule has 1 heterocycles. The molecule has 0 radical (unpaired) electrons. The first-order chi connectivity index (χ1) is 13.9. The summed E-state index contributed by atoms with van der Waals surface area (Å²) < 4.78 is 14.7. The van der Waals surface area contributed by atoms with E-state index in [4.69, 9.17) is 17.3 Å². The van der Waals surface area contributed by atoms with Gasteiger partial charge < -0.3 is 15.5 Å². The Morgan fingerprint density at radius 3 is 2.48 bits per heavy atom. The minimum atomic E-state index is -0.553. The summed E-state index contributed by atoms with van der Waals surface area (Å²) in [6.07, 6.45) is 0. The largest absolute Gasteiger partial charge is 0.324 e. The maximum absolute atomic E-state index is 14.7. The highest BCUT2D eigenvalue weighted by molar-refractivity contribution is 6.30. The van der Waals surface area contributed by atoms with Crippen molar-refractivity contribution in [3.8, 4) is 0 Å².